The average molecular weight is 398 g/mol. The second kappa shape index (κ2) is 9.52. The fraction of sp³-hybridized carbons (Fsp3) is 0.286. The summed E-state index contributed by atoms with van der Waals surface area (Å²) in [6.07, 6.45) is 0.451. The van der Waals surface area contributed by atoms with Gasteiger partial charge in [-0.25, -0.2) is 4.98 Å². The summed E-state index contributed by atoms with van der Waals surface area (Å²) in [5, 5.41) is 13.1. The summed E-state index contributed by atoms with van der Waals surface area (Å²) in [5.74, 6) is 0.0415. The van der Waals surface area contributed by atoms with Crippen molar-refractivity contribution in [3.63, 3.8) is 0 Å². The highest BCUT2D eigenvalue weighted by atomic mass is 32.2. The van der Waals surface area contributed by atoms with Gasteiger partial charge in [-0.15, -0.1) is 0 Å². The Balaban J connectivity index is 1.73. The number of carbonyl (C=O) groups is 1. The second-order valence-corrected chi connectivity index (χ2v) is 7.38. The minimum Gasteiger partial charge on any atom is -0.396 e. The number of aryl methyl sites for hydroxylation is 1. The molecule has 0 spiro atoms. The molecular weight excluding hydrogens is 374 g/mol. The van der Waals surface area contributed by atoms with Crippen LogP contribution in [0.4, 0.5) is 0 Å². The molecule has 0 saturated carbocycles. The molecule has 6 nitrogen and oxygen atoms in total. The number of carbonyl (C=O) groups excluding carboxylic acids is 1. The highest BCUT2D eigenvalue weighted by Gasteiger charge is 2.13. The average Bonchev–Trinajstić information content (AvgIpc) is 2.71. The molecule has 28 heavy (non-hydrogen) atoms. The van der Waals surface area contributed by atoms with E-state index in [0.717, 1.165) is 11.1 Å². The van der Waals surface area contributed by atoms with E-state index in [4.69, 9.17) is 5.11 Å². The van der Waals surface area contributed by atoms with E-state index in [-0.39, 0.29) is 23.8 Å². The number of aliphatic hydroxyl groups is 1. The van der Waals surface area contributed by atoms with Crippen LogP contribution in [0.2, 0.25) is 0 Å². The SMILES string of the molecule is Cc1ccccc1CNC(=O)CSc1nc2ccccc2c(=O)n1CCCO. The summed E-state index contributed by atoms with van der Waals surface area (Å²) in [7, 11) is 0. The van der Waals surface area contributed by atoms with Gasteiger partial charge in [0.1, 0.15) is 0 Å². The molecule has 0 saturated heterocycles. The Morgan fingerprint density at radius 3 is 2.71 bits per heavy atom. The molecule has 1 aromatic heterocycles. The van der Waals surface area contributed by atoms with Gasteiger partial charge in [0.25, 0.3) is 5.56 Å². The number of hydrogen-bond acceptors (Lipinski definition) is 5. The number of rotatable bonds is 8. The topological polar surface area (TPSA) is 84.2 Å². The van der Waals surface area contributed by atoms with E-state index in [1.165, 1.54) is 16.3 Å². The van der Waals surface area contributed by atoms with Gasteiger partial charge >= 0.3 is 0 Å². The normalized spacial score (nSPS) is 10.9. The predicted molar refractivity (Wildman–Crippen MR) is 111 cm³/mol. The van der Waals surface area contributed by atoms with Gasteiger partial charge in [-0.3, -0.25) is 14.2 Å². The molecule has 0 aliphatic heterocycles. The largest absolute Gasteiger partial charge is 0.396 e. The van der Waals surface area contributed by atoms with Gasteiger partial charge in [0.05, 0.1) is 16.7 Å². The first-order chi connectivity index (χ1) is 13.6. The number of aliphatic hydroxyl groups excluding tert-OH is 1. The molecule has 2 aromatic carbocycles. The van der Waals surface area contributed by atoms with Crippen molar-refractivity contribution in [1.82, 2.24) is 14.9 Å². The van der Waals surface area contributed by atoms with E-state index < -0.39 is 0 Å². The first-order valence-electron chi connectivity index (χ1n) is 9.14. The lowest BCUT2D eigenvalue weighted by Gasteiger charge is -2.13. The molecule has 0 aliphatic rings. The van der Waals surface area contributed by atoms with E-state index in [2.05, 4.69) is 10.3 Å². The van der Waals surface area contributed by atoms with Crippen molar-refractivity contribution < 1.29 is 9.90 Å². The molecule has 0 unspecified atom stereocenters. The smallest absolute Gasteiger partial charge is 0.262 e. The molecule has 1 heterocycles. The van der Waals surface area contributed by atoms with E-state index in [1.54, 1.807) is 18.2 Å². The Morgan fingerprint density at radius 2 is 1.93 bits per heavy atom. The molecule has 1 amide bonds. The van der Waals surface area contributed by atoms with Crippen LogP contribution in [0, 0.1) is 6.92 Å². The Kier molecular flexibility index (Phi) is 6.84. The Bertz CT molecular complexity index is 1030. The zero-order valence-electron chi connectivity index (χ0n) is 15.7. The molecule has 0 bridgehead atoms. The van der Waals surface area contributed by atoms with Gasteiger partial charge in [-0.1, -0.05) is 48.2 Å². The Hall–Kier alpha value is -2.64. The molecule has 2 N–H and O–H groups in total. The number of benzene rings is 2. The van der Waals surface area contributed by atoms with Gasteiger partial charge in [-0.2, -0.15) is 0 Å². The zero-order chi connectivity index (χ0) is 19.9. The van der Waals surface area contributed by atoms with Crippen molar-refractivity contribution in [1.29, 1.82) is 0 Å². The van der Waals surface area contributed by atoms with Crippen LogP contribution >= 0.6 is 11.8 Å². The highest BCUT2D eigenvalue weighted by molar-refractivity contribution is 7.99. The number of nitrogens with one attached hydrogen (secondary N) is 1. The fourth-order valence-corrected chi connectivity index (χ4v) is 3.72. The molecule has 3 aromatic rings. The molecule has 0 atom stereocenters. The number of thioether (sulfide) groups is 1. The third kappa shape index (κ3) is 4.79. The third-order valence-electron chi connectivity index (χ3n) is 4.44. The fourth-order valence-electron chi connectivity index (χ4n) is 2.87. The maximum Gasteiger partial charge on any atom is 0.262 e. The summed E-state index contributed by atoms with van der Waals surface area (Å²) in [5.41, 5.74) is 2.66. The van der Waals surface area contributed by atoms with Crippen LogP contribution in [0.15, 0.2) is 58.5 Å². The minimum atomic E-state index is -0.151. The summed E-state index contributed by atoms with van der Waals surface area (Å²) in [6.45, 7) is 2.82. The van der Waals surface area contributed by atoms with Crippen LogP contribution in [-0.2, 0) is 17.9 Å². The molecule has 0 radical (unpaired) electrons. The molecule has 7 heteroatoms. The van der Waals surface area contributed by atoms with Crippen molar-refractivity contribution in [3.05, 3.63) is 70.0 Å². The molecule has 0 aliphatic carbocycles. The van der Waals surface area contributed by atoms with E-state index >= 15 is 0 Å². The maximum atomic E-state index is 12.8. The van der Waals surface area contributed by atoms with Crippen molar-refractivity contribution in [2.45, 2.75) is 31.6 Å². The molecule has 146 valence electrons. The first-order valence-corrected chi connectivity index (χ1v) is 10.1. The van der Waals surface area contributed by atoms with Crippen molar-refractivity contribution >= 4 is 28.6 Å². The zero-order valence-corrected chi connectivity index (χ0v) is 16.5. The van der Waals surface area contributed by atoms with Crippen LogP contribution in [0.1, 0.15) is 17.5 Å². The second-order valence-electron chi connectivity index (χ2n) is 6.44. The summed E-state index contributed by atoms with van der Waals surface area (Å²) < 4.78 is 1.54. The minimum absolute atomic E-state index is 0.0136. The van der Waals surface area contributed by atoms with Crippen LogP contribution < -0.4 is 10.9 Å². The van der Waals surface area contributed by atoms with Gasteiger partial charge in [0.2, 0.25) is 5.91 Å². The van der Waals surface area contributed by atoms with Crippen molar-refractivity contribution in [3.8, 4) is 0 Å². The van der Waals surface area contributed by atoms with E-state index in [9.17, 15) is 9.59 Å². The van der Waals surface area contributed by atoms with Gasteiger partial charge < -0.3 is 10.4 Å². The van der Waals surface area contributed by atoms with Gasteiger partial charge in [-0.05, 0) is 36.6 Å². The summed E-state index contributed by atoms with van der Waals surface area (Å²) in [4.78, 5) is 29.6. The van der Waals surface area contributed by atoms with Crippen molar-refractivity contribution in [2.24, 2.45) is 0 Å². The van der Waals surface area contributed by atoms with Crippen molar-refractivity contribution in [2.75, 3.05) is 12.4 Å². The lowest BCUT2D eigenvalue weighted by Crippen LogP contribution is -2.27. The lowest BCUT2D eigenvalue weighted by molar-refractivity contribution is -0.118. The van der Waals surface area contributed by atoms with E-state index in [0.29, 0.717) is 35.6 Å². The van der Waals surface area contributed by atoms with Crippen LogP contribution in [-0.4, -0.2) is 32.9 Å². The number of para-hydroxylation sites is 1. The lowest BCUT2D eigenvalue weighted by atomic mass is 10.1. The summed E-state index contributed by atoms with van der Waals surface area (Å²) in [6, 6.07) is 15.1. The van der Waals surface area contributed by atoms with E-state index in [1.807, 2.05) is 37.3 Å². The van der Waals surface area contributed by atoms with Gasteiger partial charge in [0.15, 0.2) is 5.16 Å². The monoisotopic (exact) mass is 397 g/mol. The number of nitrogens with zero attached hydrogens (tertiary/aromatic N) is 2. The maximum absolute atomic E-state index is 12.8. The third-order valence-corrected chi connectivity index (χ3v) is 5.41. The molecular formula is C21H23N3O3S. The first kappa shape index (κ1) is 20.1. The standard InChI is InChI=1S/C21H23N3O3S/c1-15-7-2-3-8-16(15)13-22-19(26)14-28-21-23-18-10-5-4-9-17(18)20(27)24(21)11-6-12-25/h2-5,7-10,25H,6,11-14H2,1H3,(H,22,26). The number of amides is 1. The Labute approximate surface area is 167 Å². The predicted octanol–water partition coefficient (Wildman–Crippen LogP) is 2.50. The Morgan fingerprint density at radius 1 is 1.18 bits per heavy atom. The summed E-state index contributed by atoms with van der Waals surface area (Å²) >= 11 is 1.23. The quantitative estimate of drug-likeness (QED) is 0.451. The molecule has 3 rings (SSSR count). The number of aromatic nitrogens is 2. The van der Waals surface area contributed by atoms with Crippen LogP contribution in [0.5, 0.6) is 0 Å². The van der Waals surface area contributed by atoms with Crippen LogP contribution in [0.25, 0.3) is 10.9 Å². The number of hydrogen-bond donors (Lipinski definition) is 2. The molecule has 0 fully saturated rings. The highest BCUT2D eigenvalue weighted by Crippen LogP contribution is 2.18. The number of fused-ring (bicyclic) bond motifs is 1. The van der Waals surface area contributed by atoms with Gasteiger partial charge in [0, 0.05) is 19.7 Å². The van der Waals surface area contributed by atoms with Crippen LogP contribution in [0.3, 0.4) is 0 Å².